The summed E-state index contributed by atoms with van der Waals surface area (Å²) in [4.78, 5) is 0. The quantitative estimate of drug-likeness (QED) is 0.220. The van der Waals surface area contributed by atoms with Gasteiger partial charge < -0.3 is 36.4 Å². The highest BCUT2D eigenvalue weighted by Crippen LogP contribution is 2.05. The van der Waals surface area contributed by atoms with E-state index in [1.54, 1.807) is 0 Å². The first-order valence-corrected chi connectivity index (χ1v) is 3.68. The maximum atomic E-state index is 9.05. The predicted molar refractivity (Wildman–Crippen MR) is 41.3 cm³/mol. The maximum absolute atomic E-state index is 9.05. The van der Waals surface area contributed by atoms with Crippen molar-refractivity contribution in [2.24, 2.45) is 5.73 Å². The summed E-state index contributed by atoms with van der Waals surface area (Å²) in [7, 11) is 0. The zero-order valence-electron chi connectivity index (χ0n) is 6.85. The topological polar surface area (TPSA) is 147 Å². The van der Waals surface area contributed by atoms with E-state index in [1.807, 2.05) is 0 Å². The second-order valence-corrected chi connectivity index (χ2v) is 2.71. The van der Waals surface area contributed by atoms with Crippen LogP contribution in [0.5, 0.6) is 0 Å². The summed E-state index contributed by atoms with van der Waals surface area (Å²) in [5.74, 6) is 0. The summed E-state index contributed by atoms with van der Waals surface area (Å²) in [6.07, 6.45) is -8.68. The molecule has 0 saturated heterocycles. The van der Waals surface area contributed by atoms with Crippen molar-refractivity contribution in [2.75, 3.05) is 6.61 Å². The van der Waals surface area contributed by atoms with Crippen molar-refractivity contribution >= 4 is 0 Å². The van der Waals surface area contributed by atoms with E-state index < -0.39 is 37.3 Å². The van der Waals surface area contributed by atoms with E-state index in [4.69, 9.17) is 36.4 Å². The molecule has 0 radical (unpaired) electrons. The van der Waals surface area contributed by atoms with Gasteiger partial charge in [-0.15, -0.1) is 0 Å². The minimum absolute atomic E-state index is 0.772. The Morgan fingerprint density at radius 3 is 1.62 bits per heavy atom. The molecule has 13 heavy (non-hydrogen) atoms. The molecule has 7 heteroatoms. The highest BCUT2D eigenvalue weighted by atomic mass is 16.4. The standard InChI is InChI=1S/C6H15NO6/c7-6(13)5(12)4(11)3(10)2(9)1-8/h2-6,8-13H,1,7H2/t2-,3-,4-,5+,6?/m1/s1. The Kier molecular flexibility index (Phi) is 5.33. The molecule has 5 atom stereocenters. The summed E-state index contributed by atoms with van der Waals surface area (Å²) < 4.78 is 0. The molecular weight excluding hydrogens is 182 g/mol. The second-order valence-electron chi connectivity index (χ2n) is 2.71. The van der Waals surface area contributed by atoms with Crippen molar-refractivity contribution in [3.05, 3.63) is 0 Å². The minimum Gasteiger partial charge on any atom is -0.394 e. The van der Waals surface area contributed by atoms with Crippen LogP contribution in [-0.4, -0.2) is 67.9 Å². The summed E-state index contributed by atoms with van der Waals surface area (Å²) in [5, 5.41) is 52.8. The van der Waals surface area contributed by atoms with Crippen molar-refractivity contribution in [3.63, 3.8) is 0 Å². The number of nitrogens with two attached hydrogens (primary N) is 1. The molecule has 0 aliphatic heterocycles. The maximum Gasteiger partial charge on any atom is 0.131 e. The zero-order valence-corrected chi connectivity index (χ0v) is 6.85. The Hall–Kier alpha value is -0.280. The summed E-state index contributed by atoms with van der Waals surface area (Å²) in [5.41, 5.74) is 4.81. The lowest BCUT2D eigenvalue weighted by molar-refractivity contribution is -0.139. The molecule has 0 saturated carbocycles. The highest BCUT2D eigenvalue weighted by molar-refractivity contribution is 4.82. The molecule has 0 fully saturated rings. The van der Waals surface area contributed by atoms with Gasteiger partial charge in [-0.25, -0.2) is 0 Å². The van der Waals surface area contributed by atoms with Gasteiger partial charge in [0.05, 0.1) is 6.61 Å². The lowest BCUT2D eigenvalue weighted by Crippen LogP contribution is -2.52. The van der Waals surface area contributed by atoms with Crippen LogP contribution in [0.2, 0.25) is 0 Å². The van der Waals surface area contributed by atoms with Crippen LogP contribution in [0.1, 0.15) is 0 Å². The Morgan fingerprint density at radius 1 is 0.846 bits per heavy atom. The number of rotatable bonds is 5. The van der Waals surface area contributed by atoms with Crippen LogP contribution < -0.4 is 5.73 Å². The molecule has 7 nitrogen and oxygen atoms in total. The van der Waals surface area contributed by atoms with Crippen LogP contribution in [0.25, 0.3) is 0 Å². The molecule has 0 rings (SSSR count). The van der Waals surface area contributed by atoms with Gasteiger partial charge in [0.25, 0.3) is 0 Å². The molecule has 80 valence electrons. The first-order chi connectivity index (χ1) is 5.91. The molecule has 1 unspecified atom stereocenters. The number of aliphatic hydroxyl groups is 6. The van der Waals surface area contributed by atoms with E-state index in [1.165, 1.54) is 0 Å². The number of hydrogen-bond acceptors (Lipinski definition) is 7. The van der Waals surface area contributed by atoms with E-state index in [2.05, 4.69) is 0 Å². The lowest BCUT2D eigenvalue weighted by Gasteiger charge is -2.26. The van der Waals surface area contributed by atoms with Crippen molar-refractivity contribution in [2.45, 2.75) is 30.6 Å². The molecular formula is C6H15NO6. The summed E-state index contributed by atoms with van der Waals surface area (Å²) in [6, 6.07) is 0. The van der Waals surface area contributed by atoms with E-state index in [-0.39, 0.29) is 0 Å². The Balaban J connectivity index is 4.15. The van der Waals surface area contributed by atoms with E-state index in [0.717, 1.165) is 0 Å². The first-order valence-electron chi connectivity index (χ1n) is 3.68. The van der Waals surface area contributed by atoms with Gasteiger partial charge in [-0.3, -0.25) is 0 Å². The van der Waals surface area contributed by atoms with Crippen molar-refractivity contribution in [1.82, 2.24) is 0 Å². The molecule has 0 aromatic rings. The van der Waals surface area contributed by atoms with Gasteiger partial charge in [-0.1, -0.05) is 0 Å². The van der Waals surface area contributed by atoms with E-state index in [9.17, 15) is 0 Å². The molecule has 0 spiro atoms. The van der Waals surface area contributed by atoms with Crippen LogP contribution in [0.4, 0.5) is 0 Å². The average molecular weight is 197 g/mol. The van der Waals surface area contributed by atoms with Gasteiger partial charge in [0.2, 0.25) is 0 Å². The van der Waals surface area contributed by atoms with E-state index >= 15 is 0 Å². The van der Waals surface area contributed by atoms with Gasteiger partial charge in [-0.2, -0.15) is 0 Å². The van der Waals surface area contributed by atoms with E-state index in [0.29, 0.717) is 0 Å². The minimum atomic E-state index is -1.82. The van der Waals surface area contributed by atoms with Crippen molar-refractivity contribution in [3.8, 4) is 0 Å². The molecule has 0 aromatic heterocycles. The SMILES string of the molecule is NC(O)[C@@H](O)[C@H](O)[C@H](O)[C@H](O)CO. The van der Waals surface area contributed by atoms with Crippen LogP contribution in [0.15, 0.2) is 0 Å². The zero-order chi connectivity index (χ0) is 10.6. The fourth-order valence-corrected chi connectivity index (χ4v) is 0.740. The van der Waals surface area contributed by atoms with Gasteiger partial charge in [-0.05, 0) is 0 Å². The fourth-order valence-electron chi connectivity index (χ4n) is 0.740. The second kappa shape index (κ2) is 5.45. The van der Waals surface area contributed by atoms with Crippen LogP contribution >= 0.6 is 0 Å². The molecule has 0 aliphatic carbocycles. The molecule has 8 N–H and O–H groups in total. The molecule has 0 bridgehead atoms. The highest BCUT2D eigenvalue weighted by Gasteiger charge is 2.32. The normalized spacial score (nSPS) is 23.3. The van der Waals surface area contributed by atoms with Gasteiger partial charge in [0.1, 0.15) is 30.6 Å². The van der Waals surface area contributed by atoms with Gasteiger partial charge in [0, 0.05) is 0 Å². The Bertz CT molecular complexity index is 143. The van der Waals surface area contributed by atoms with Crippen molar-refractivity contribution in [1.29, 1.82) is 0 Å². The monoisotopic (exact) mass is 197 g/mol. The largest absolute Gasteiger partial charge is 0.394 e. The van der Waals surface area contributed by atoms with Gasteiger partial charge in [0.15, 0.2) is 0 Å². The first kappa shape index (κ1) is 12.7. The van der Waals surface area contributed by atoms with Crippen LogP contribution in [0.3, 0.4) is 0 Å². The van der Waals surface area contributed by atoms with Crippen LogP contribution in [-0.2, 0) is 0 Å². The van der Waals surface area contributed by atoms with Crippen LogP contribution in [0, 0.1) is 0 Å². The summed E-state index contributed by atoms with van der Waals surface area (Å²) >= 11 is 0. The fraction of sp³-hybridized carbons (Fsp3) is 1.00. The Morgan fingerprint density at radius 2 is 1.31 bits per heavy atom. The molecule has 0 heterocycles. The summed E-state index contributed by atoms with van der Waals surface area (Å²) in [6.45, 7) is -0.772. The third-order valence-corrected chi connectivity index (χ3v) is 1.63. The predicted octanol–water partition coefficient (Wildman–Crippen LogP) is -4.30. The molecule has 0 aromatic carbocycles. The van der Waals surface area contributed by atoms with Crippen molar-refractivity contribution < 1.29 is 30.6 Å². The number of hydrogen-bond donors (Lipinski definition) is 7. The smallest absolute Gasteiger partial charge is 0.131 e. The Labute approximate surface area is 74.7 Å². The molecule has 0 amide bonds. The third kappa shape index (κ3) is 3.53. The average Bonchev–Trinajstić information content (AvgIpc) is 2.12. The molecule has 0 aliphatic rings. The lowest BCUT2D eigenvalue weighted by atomic mass is 10.0. The number of aliphatic hydroxyl groups excluding tert-OH is 6. The third-order valence-electron chi connectivity index (χ3n) is 1.63. The van der Waals surface area contributed by atoms with Gasteiger partial charge >= 0.3 is 0 Å².